The van der Waals surface area contributed by atoms with E-state index in [0.29, 0.717) is 16.3 Å². The molecule has 5 nitrogen and oxygen atoms in total. The molecule has 0 spiro atoms. The first-order chi connectivity index (χ1) is 11.9. The first-order valence-electron chi connectivity index (χ1n) is 7.80. The van der Waals surface area contributed by atoms with Gasteiger partial charge in [0.1, 0.15) is 6.54 Å². The molecular formula is C19H18ClN3O2. The molecule has 0 atom stereocenters. The van der Waals surface area contributed by atoms with Gasteiger partial charge in [0, 0.05) is 42.1 Å². The SMILES string of the molecule is CN(C)C(=O)c1cccc(NC(=O)Cn2ccc3ccc(Cl)cc32)c1. The fourth-order valence-electron chi connectivity index (χ4n) is 2.64. The average Bonchev–Trinajstić information content (AvgIpc) is 2.96. The average molecular weight is 356 g/mol. The Hall–Kier alpha value is -2.79. The smallest absolute Gasteiger partial charge is 0.253 e. The zero-order valence-electron chi connectivity index (χ0n) is 14.0. The van der Waals surface area contributed by atoms with E-state index in [4.69, 9.17) is 11.6 Å². The van der Waals surface area contributed by atoms with E-state index in [9.17, 15) is 9.59 Å². The number of benzene rings is 2. The lowest BCUT2D eigenvalue weighted by Crippen LogP contribution is -2.22. The number of fused-ring (bicyclic) bond motifs is 1. The predicted molar refractivity (Wildman–Crippen MR) is 100 cm³/mol. The fraction of sp³-hybridized carbons (Fsp3) is 0.158. The standard InChI is InChI=1S/C19H18ClN3O2/c1-22(2)19(25)14-4-3-5-16(10-14)21-18(24)12-23-9-8-13-6-7-15(20)11-17(13)23/h3-11H,12H2,1-2H3,(H,21,24). The van der Waals surface area contributed by atoms with Crippen molar-refractivity contribution in [1.29, 1.82) is 0 Å². The Balaban J connectivity index is 1.75. The summed E-state index contributed by atoms with van der Waals surface area (Å²) in [6.07, 6.45) is 1.85. The molecule has 3 rings (SSSR count). The van der Waals surface area contributed by atoms with Crippen LogP contribution in [0.15, 0.2) is 54.7 Å². The molecule has 1 N–H and O–H groups in total. The summed E-state index contributed by atoms with van der Waals surface area (Å²) in [5.74, 6) is -0.283. The number of carbonyl (C=O) groups excluding carboxylic acids is 2. The molecular weight excluding hydrogens is 338 g/mol. The van der Waals surface area contributed by atoms with E-state index in [0.717, 1.165) is 10.9 Å². The van der Waals surface area contributed by atoms with Gasteiger partial charge >= 0.3 is 0 Å². The fourth-order valence-corrected chi connectivity index (χ4v) is 2.80. The van der Waals surface area contributed by atoms with E-state index >= 15 is 0 Å². The third kappa shape index (κ3) is 3.83. The second-order valence-electron chi connectivity index (χ2n) is 5.98. The minimum absolute atomic E-state index is 0.109. The third-order valence-corrected chi connectivity index (χ3v) is 4.08. The van der Waals surface area contributed by atoms with Crippen LogP contribution < -0.4 is 5.32 Å². The lowest BCUT2D eigenvalue weighted by molar-refractivity contribution is -0.116. The first-order valence-corrected chi connectivity index (χ1v) is 8.18. The molecule has 0 fully saturated rings. The second-order valence-corrected chi connectivity index (χ2v) is 6.41. The quantitative estimate of drug-likeness (QED) is 0.776. The maximum absolute atomic E-state index is 12.4. The summed E-state index contributed by atoms with van der Waals surface area (Å²) in [5, 5.41) is 4.48. The van der Waals surface area contributed by atoms with E-state index in [1.54, 1.807) is 38.4 Å². The van der Waals surface area contributed by atoms with Crippen LogP contribution in [-0.4, -0.2) is 35.4 Å². The Morgan fingerprint density at radius 3 is 2.68 bits per heavy atom. The first kappa shape index (κ1) is 17.0. The number of hydrogen-bond donors (Lipinski definition) is 1. The van der Waals surface area contributed by atoms with Crippen LogP contribution in [0.5, 0.6) is 0 Å². The van der Waals surface area contributed by atoms with Crippen LogP contribution in [0.1, 0.15) is 10.4 Å². The minimum Gasteiger partial charge on any atom is -0.345 e. The Morgan fingerprint density at radius 1 is 1.12 bits per heavy atom. The highest BCUT2D eigenvalue weighted by atomic mass is 35.5. The van der Waals surface area contributed by atoms with Gasteiger partial charge in [-0.25, -0.2) is 0 Å². The number of hydrogen-bond acceptors (Lipinski definition) is 2. The van der Waals surface area contributed by atoms with Gasteiger partial charge in [-0.2, -0.15) is 0 Å². The Kier molecular flexibility index (Phi) is 4.76. The van der Waals surface area contributed by atoms with Crippen molar-refractivity contribution in [3.8, 4) is 0 Å². The van der Waals surface area contributed by atoms with Gasteiger partial charge in [0.15, 0.2) is 0 Å². The van der Waals surface area contributed by atoms with E-state index in [2.05, 4.69) is 5.32 Å². The van der Waals surface area contributed by atoms with Gasteiger partial charge in [0.2, 0.25) is 5.91 Å². The van der Waals surface area contributed by atoms with Gasteiger partial charge in [-0.05, 0) is 41.8 Å². The van der Waals surface area contributed by atoms with Gasteiger partial charge in [-0.15, -0.1) is 0 Å². The molecule has 0 aliphatic carbocycles. The van der Waals surface area contributed by atoms with E-state index in [1.165, 1.54) is 4.90 Å². The van der Waals surface area contributed by atoms with Crippen molar-refractivity contribution in [2.24, 2.45) is 0 Å². The number of rotatable bonds is 4. The summed E-state index contributed by atoms with van der Waals surface area (Å²) in [7, 11) is 3.38. The van der Waals surface area contributed by atoms with E-state index in [-0.39, 0.29) is 18.4 Å². The van der Waals surface area contributed by atoms with Crippen LogP contribution in [0.25, 0.3) is 10.9 Å². The number of nitrogens with one attached hydrogen (secondary N) is 1. The Labute approximate surface area is 150 Å². The molecule has 3 aromatic rings. The van der Waals surface area contributed by atoms with Crippen molar-refractivity contribution in [2.75, 3.05) is 19.4 Å². The van der Waals surface area contributed by atoms with Crippen molar-refractivity contribution < 1.29 is 9.59 Å². The number of amides is 2. The van der Waals surface area contributed by atoms with Gasteiger partial charge < -0.3 is 14.8 Å². The largest absolute Gasteiger partial charge is 0.345 e. The topological polar surface area (TPSA) is 54.3 Å². The lowest BCUT2D eigenvalue weighted by Gasteiger charge is -2.12. The summed E-state index contributed by atoms with van der Waals surface area (Å²) < 4.78 is 1.84. The predicted octanol–water partition coefficient (Wildman–Crippen LogP) is 3.64. The lowest BCUT2D eigenvalue weighted by atomic mass is 10.2. The molecule has 0 unspecified atom stereocenters. The molecule has 0 bridgehead atoms. The molecule has 25 heavy (non-hydrogen) atoms. The number of anilines is 1. The highest BCUT2D eigenvalue weighted by Crippen LogP contribution is 2.20. The number of aromatic nitrogens is 1. The molecule has 0 saturated carbocycles. The second kappa shape index (κ2) is 6.99. The number of halogens is 1. The number of carbonyl (C=O) groups is 2. The molecule has 1 heterocycles. The van der Waals surface area contributed by atoms with Crippen molar-refractivity contribution in [2.45, 2.75) is 6.54 Å². The minimum atomic E-state index is -0.174. The highest BCUT2D eigenvalue weighted by Gasteiger charge is 2.11. The molecule has 2 amide bonds. The van der Waals surface area contributed by atoms with Crippen molar-refractivity contribution in [1.82, 2.24) is 9.47 Å². The van der Waals surface area contributed by atoms with Gasteiger partial charge in [-0.1, -0.05) is 23.7 Å². The third-order valence-electron chi connectivity index (χ3n) is 3.85. The van der Waals surface area contributed by atoms with Crippen LogP contribution in [0, 0.1) is 0 Å². The molecule has 128 valence electrons. The molecule has 0 saturated heterocycles. The van der Waals surface area contributed by atoms with Gasteiger partial charge in [0.05, 0.1) is 0 Å². The summed E-state index contributed by atoms with van der Waals surface area (Å²) >= 11 is 6.04. The van der Waals surface area contributed by atoms with Crippen LogP contribution in [0.2, 0.25) is 5.02 Å². The van der Waals surface area contributed by atoms with Crippen molar-refractivity contribution in [3.63, 3.8) is 0 Å². The van der Waals surface area contributed by atoms with Crippen LogP contribution in [0.3, 0.4) is 0 Å². The molecule has 0 aliphatic heterocycles. The van der Waals surface area contributed by atoms with Crippen molar-refractivity contribution in [3.05, 3.63) is 65.3 Å². The highest BCUT2D eigenvalue weighted by molar-refractivity contribution is 6.31. The molecule has 6 heteroatoms. The Morgan fingerprint density at radius 2 is 1.92 bits per heavy atom. The summed E-state index contributed by atoms with van der Waals surface area (Å²) in [6.45, 7) is 0.162. The molecule has 1 aromatic heterocycles. The van der Waals surface area contributed by atoms with Crippen LogP contribution >= 0.6 is 11.6 Å². The van der Waals surface area contributed by atoms with Crippen LogP contribution in [-0.2, 0) is 11.3 Å². The monoisotopic (exact) mass is 355 g/mol. The van der Waals surface area contributed by atoms with Crippen molar-refractivity contribution >= 4 is 40.0 Å². The molecule has 0 radical (unpaired) electrons. The van der Waals surface area contributed by atoms with Gasteiger partial charge in [-0.3, -0.25) is 9.59 Å². The Bertz CT molecular complexity index is 947. The summed E-state index contributed by atoms with van der Waals surface area (Å²) in [5.41, 5.74) is 2.02. The maximum Gasteiger partial charge on any atom is 0.253 e. The summed E-state index contributed by atoms with van der Waals surface area (Å²) in [6, 6.07) is 14.4. The zero-order chi connectivity index (χ0) is 18.0. The maximum atomic E-state index is 12.4. The molecule has 2 aromatic carbocycles. The van der Waals surface area contributed by atoms with E-state index < -0.39 is 0 Å². The van der Waals surface area contributed by atoms with E-state index in [1.807, 2.05) is 35.0 Å². The van der Waals surface area contributed by atoms with Crippen LogP contribution in [0.4, 0.5) is 5.69 Å². The number of nitrogens with zero attached hydrogens (tertiary/aromatic N) is 2. The molecule has 0 aliphatic rings. The van der Waals surface area contributed by atoms with Gasteiger partial charge in [0.25, 0.3) is 5.91 Å². The normalized spacial score (nSPS) is 10.7. The summed E-state index contributed by atoms with van der Waals surface area (Å²) in [4.78, 5) is 25.9. The zero-order valence-corrected chi connectivity index (χ0v) is 14.7.